The molecular weight excluding hydrogens is 1330 g/mol. The summed E-state index contributed by atoms with van der Waals surface area (Å²) in [6, 6.07) is 80.6. The average Bonchev–Trinajstić information content (AvgIpc) is 0.674. The topological polar surface area (TPSA) is 31.4 Å². The maximum atomic E-state index is 8.26. The van der Waals surface area contributed by atoms with Gasteiger partial charge in [0.25, 0.3) is 20.1 Å². The second-order valence-corrected chi connectivity index (χ2v) is 38.8. The highest BCUT2D eigenvalue weighted by Gasteiger charge is 2.59. The maximum absolute atomic E-state index is 8.26. The number of anilines is 12. The fourth-order valence-electron chi connectivity index (χ4n) is 29.4. The van der Waals surface area contributed by atoms with Crippen molar-refractivity contribution in [2.24, 2.45) is 53.3 Å². The summed E-state index contributed by atoms with van der Waals surface area (Å²) in [4.78, 5) is 11.0. The quantitative estimate of drug-likeness (QED) is 0.148. The Morgan fingerprint density at radius 2 is 0.618 bits per heavy atom. The maximum Gasteiger partial charge on any atom is 0.256 e. The lowest BCUT2D eigenvalue weighted by Crippen LogP contribution is -2.66. The molecule has 9 heteroatoms. The number of ether oxygens (including phenoxy) is 2. The van der Waals surface area contributed by atoms with E-state index in [-0.39, 0.29) is 36.4 Å². The van der Waals surface area contributed by atoms with Gasteiger partial charge in [-0.1, -0.05) is 121 Å². The monoisotopic (exact) mass is 1430 g/mol. The number of benzene rings is 11. The van der Waals surface area contributed by atoms with Gasteiger partial charge < -0.3 is 29.1 Å². The molecule has 110 heavy (non-hydrogen) atoms. The van der Waals surface area contributed by atoms with E-state index in [2.05, 4.69) is 254 Å². The van der Waals surface area contributed by atoms with Crippen LogP contribution in [0.25, 0.3) is 0 Å². The molecule has 12 fully saturated rings. The van der Waals surface area contributed by atoms with Gasteiger partial charge in [0.15, 0.2) is 0 Å². The molecule has 12 aliphatic carbocycles. The number of nitrogens with zero attached hydrogens (tertiary/aromatic N) is 4. The van der Waals surface area contributed by atoms with E-state index in [0.717, 1.165) is 76.3 Å². The molecule has 6 heterocycles. The lowest BCUT2D eigenvalue weighted by molar-refractivity contribution is -0.00534. The minimum Gasteiger partial charge on any atom is -0.458 e. The van der Waals surface area contributed by atoms with Crippen LogP contribution in [-0.2, 0) is 16.2 Å². The molecule has 6 nitrogen and oxygen atoms in total. The minimum atomic E-state index is -0.198. The number of rotatable bonds is 7. The van der Waals surface area contributed by atoms with Crippen LogP contribution in [-0.4, -0.2) is 20.1 Å². The molecule has 11 aromatic carbocycles. The van der Waals surface area contributed by atoms with Crippen molar-refractivity contribution < 1.29 is 9.47 Å². The Kier molecular flexibility index (Phi) is 12.7. The Hall–Kier alpha value is -9.59. The van der Waals surface area contributed by atoms with E-state index in [4.69, 9.17) is 9.47 Å². The molecule has 0 saturated heterocycles. The van der Waals surface area contributed by atoms with Crippen LogP contribution in [0.4, 0.5) is 68.2 Å². The van der Waals surface area contributed by atoms with Gasteiger partial charge in [-0.25, -0.2) is 0 Å². The standard InChI is InChI=1S/C101H93B3N4O2/c1-57-17-9-12-26-81(57)106-83-46-84-78(102-75-24-10-13-27-82(75)105(74-22-7-6-8-23-74)86-38-71(99-48-62-29-63(49-99)31-64(30-62)50-99)39-87(94(86)102)107(84)97-58(2)18-15-19-59(97)3)44-77(83)104-80-45-79-85(47-91(80)110-93-43-72(40-88(106)95(93)104)100-51-65-32-66(52-100)34-67(33-65)53-100)108(98-60(4)20-16-21-61(98)5)89-41-73(101-54-68-35-69(55-101)37-70(36-68)56-101)42-92-96(89)103(79)76-25-11-14-28-90(76)109-92/h6-28,38-47,62-70H,29-37,48-56H2,1-5H3. The molecule has 0 aromatic heterocycles. The number of fused-ring (bicyclic) bond motifs is 12. The first-order valence-corrected chi connectivity index (χ1v) is 42.7. The fourth-order valence-corrected chi connectivity index (χ4v) is 29.4. The summed E-state index contributed by atoms with van der Waals surface area (Å²) < 4.78 is 15.8. The molecule has 12 bridgehead atoms. The third-order valence-electron chi connectivity index (χ3n) is 32.3. The zero-order valence-electron chi connectivity index (χ0n) is 64.3. The molecule has 0 spiro atoms. The van der Waals surface area contributed by atoms with Gasteiger partial charge in [0.05, 0.1) is 11.4 Å². The molecule has 0 N–H and O–H groups in total. The van der Waals surface area contributed by atoms with E-state index in [1.807, 2.05) is 0 Å². The Labute approximate surface area is 649 Å². The molecule has 0 unspecified atom stereocenters. The Morgan fingerprint density at radius 3 is 1.13 bits per heavy atom. The zero-order chi connectivity index (χ0) is 72.3. The van der Waals surface area contributed by atoms with Crippen LogP contribution < -0.4 is 78.2 Å². The molecule has 29 rings (SSSR count). The van der Waals surface area contributed by atoms with E-state index < -0.39 is 0 Å². The largest absolute Gasteiger partial charge is 0.458 e. The summed E-state index contributed by atoms with van der Waals surface area (Å²) in [5.74, 6) is 11.2. The van der Waals surface area contributed by atoms with E-state index in [1.54, 1.807) is 5.56 Å². The van der Waals surface area contributed by atoms with Gasteiger partial charge in [0, 0.05) is 62.9 Å². The molecule has 538 valence electrons. The lowest BCUT2D eigenvalue weighted by atomic mass is 9.29. The fraction of sp³-hybridized carbons (Fsp3) is 0.347. The summed E-state index contributed by atoms with van der Waals surface area (Å²) in [5, 5.41) is 0. The van der Waals surface area contributed by atoms with Crippen LogP contribution in [0, 0.1) is 87.9 Å². The highest BCUT2D eigenvalue weighted by Crippen LogP contribution is 2.66. The molecule has 6 aliphatic heterocycles. The van der Waals surface area contributed by atoms with Gasteiger partial charge in [-0.05, 0) is 386 Å². The van der Waals surface area contributed by atoms with Crippen LogP contribution in [0.3, 0.4) is 0 Å². The molecule has 18 aliphatic rings. The predicted octanol–water partition coefficient (Wildman–Crippen LogP) is 19.5. The summed E-state index contributed by atoms with van der Waals surface area (Å²) in [6.45, 7) is 11.5. The second-order valence-electron chi connectivity index (χ2n) is 38.8. The van der Waals surface area contributed by atoms with E-state index >= 15 is 0 Å². The number of hydrogen-bond donors (Lipinski definition) is 0. The van der Waals surface area contributed by atoms with Gasteiger partial charge in [-0.15, -0.1) is 0 Å². The van der Waals surface area contributed by atoms with Crippen molar-refractivity contribution in [1.82, 2.24) is 0 Å². The first-order valence-electron chi connectivity index (χ1n) is 42.7. The van der Waals surface area contributed by atoms with E-state index in [0.29, 0.717) is 0 Å². The molecule has 0 atom stereocenters. The van der Waals surface area contributed by atoms with Crippen molar-refractivity contribution in [2.75, 3.05) is 19.6 Å². The van der Waals surface area contributed by atoms with Gasteiger partial charge in [0.1, 0.15) is 23.0 Å². The summed E-state index contributed by atoms with van der Waals surface area (Å²) in [6.07, 6.45) is 24.2. The lowest BCUT2D eigenvalue weighted by Gasteiger charge is -2.57. The summed E-state index contributed by atoms with van der Waals surface area (Å²) >= 11 is 0. The number of para-hydroxylation sites is 6. The first kappa shape index (κ1) is 63.1. The average molecular weight is 1430 g/mol. The zero-order valence-corrected chi connectivity index (χ0v) is 64.3. The highest BCUT2D eigenvalue weighted by atomic mass is 16.5. The molecule has 12 saturated carbocycles. The molecule has 0 radical (unpaired) electrons. The van der Waals surface area contributed by atoms with Crippen molar-refractivity contribution in [1.29, 1.82) is 0 Å². The summed E-state index contributed by atoms with van der Waals surface area (Å²) in [7, 11) is 0. The van der Waals surface area contributed by atoms with E-state index in [9.17, 15) is 0 Å². The van der Waals surface area contributed by atoms with Crippen molar-refractivity contribution in [2.45, 2.75) is 166 Å². The van der Waals surface area contributed by atoms with Crippen molar-refractivity contribution >= 4 is 138 Å². The molecular formula is C101H93B3N4O2. The van der Waals surface area contributed by atoms with Crippen molar-refractivity contribution in [3.63, 3.8) is 0 Å². The van der Waals surface area contributed by atoms with Gasteiger partial charge >= 0.3 is 0 Å². The van der Waals surface area contributed by atoms with Gasteiger partial charge in [-0.3, -0.25) is 0 Å². The second kappa shape index (κ2) is 22.2. The smallest absolute Gasteiger partial charge is 0.256 e. The van der Waals surface area contributed by atoms with Crippen LogP contribution in [0.2, 0.25) is 0 Å². The Morgan fingerprint density at radius 1 is 0.255 bits per heavy atom. The third kappa shape index (κ3) is 8.55. The summed E-state index contributed by atoms with van der Waals surface area (Å²) in [5.41, 5.74) is 38.5. The number of hydrogen-bond acceptors (Lipinski definition) is 6. The SMILES string of the molecule is Cc1ccccc1N1c2cc3c(cc2B2c4cc5c(cc4Oc4cc(C67CC8CC(CC(C8)C6)C7)cc1c42)N(c1c(C)cccc1C)c1cc(C24CC6CC(CC(C6)C2)C4)cc2c1B5c1ccccc1O2)B1c2ccccc2N(c2ccccc2)c2cc(C45CC6CC(CC(C6)C4)C5)cc(c21)N3c1c(C)cccc1C. The normalized spacial score (nSPS) is 28.5. The van der Waals surface area contributed by atoms with E-state index in [1.165, 1.54) is 272 Å². The van der Waals surface area contributed by atoms with Crippen LogP contribution in [0.15, 0.2) is 200 Å². The molecule has 0 amide bonds. The first-order chi connectivity index (χ1) is 53.8. The van der Waals surface area contributed by atoms with Crippen molar-refractivity contribution in [3.8, 4) is 23.0 Å². The van der Waals surface area contributed by atoms with Crippen LogP contribution in [0.1, 0.15) is 160 Å². The van der Waals surface area contributed by atoms with Crippen LogP contribution >= 0.6 is 0 Å². The Bertz CT molecular complexity index is 5770. The Balaban J connectivity index is 0.768. The minimum absolute atomic E-state index is 0.0839. The highest BCUT2D eigenvalue weighted by molar-refractivity contribution is 7.04. The third-order valence-corrected chi connectivity index (χ3v) is 32.3. The van der Waals surface area contributed by atoms with Crippen molar-refractivity contribution in [3.05, 3.63) is 245 Å². The predicted molar refractivity (Wildman–Crippen MR) is 455 cm³/mol. The molecule has 11 aromatic rings. The van der Waals surface area contributed by atoms with Gasteiger partial charge in [-0.2, -0.15) is 0 Å². The van der Waals surface area contributed by atoms with Crippen LogP contribution in [0.5, 0.6) is 23.0 Å². The van der Waals surface area contributed by atoms with Gasteiger partial charge in [0.2, 0.25) is 0 Å². The number of aryl methyl sites for hydroxylation is 5.